The third-order valence-corrected chi connectivity index (χ3v) is 6.93. The summed E-state index contributed by atoms with van der Waals surface area (Å²) in [7, 11) is 0. The maximum absolute atomic E-state index is 13.3. The van der Waals surface area contributed by atoms with Gasteiger partial charge in [-0.15, -0.1) is 0 Å². The standard InChI is InChI=1S/C21H39NO/c1-14(2)18-10-9-16(5)12-19(18)22-20(23)21(15(3)4)11-7-8-17(6)13-21/h14-19H,7-13H2,1-6H3,(H,22,23). The van der Waals surface area contributed by atoms with Crippen LogP contribution in [0.15, 0.2) is 0 Å². The molecule has 23 heavy (non-hydrogen) atoms. The largest absolute Gasteiger partial charge is 0.353 e. The molecule has 2 heteroatoms. The van der Waals surface area contributed by atoms with Gasteiger partial charge >= 0.3 is 0 Å². The summed E-state index contributed by atoms with van der Waals surface area (Å²) in [5.41, 5.74) is -0.125. The Kier molecular flexibility index (Phi) is 6.19. The SMILES string of the molecule is CC1CCC(C(C)C)C(NC(=O)C2(C(C)C)CCCC(C)C2)C1. The van der Waals surface area contributed by atoms with Gasteiger partial charge in [0, 0.05) is 6.04 Å². The highest BCUT2D eigenvalue weighted by atomic mass is 16.2. The molecule has 0 saturated heterocycles. The average Bonchev–Trinajstić information content (AvgIpc) is 2.46. The molecular formula is C21H39NO. The van der Waals surface area contributed by atoms with Gasteiger partial charge in [-0.3, -0.25) is 4.79 Å². The molecule has 0 aliphatic heterocycles. The molecule has 5 atom stereocenters. The lowest BCUT2D eigenvalue weighted by atomic mass is 9.63. The van der Waals surface area contributed by atoms with Crippen LogP contribution in [0.2, 0.25) is 0 Å². The van der Waals surface area contributed by atoms with Gasteiger partial charge in [-0.2, -0.15) is 0 Å². The second-order valence-corrected chi connectivity index (χ2v) is 9.42. The van der Waals surface area contributed by atoms with Crippen molar-refractivity contribution >= 4 is 5.91 Å². The van der Waals surface area contributed by atoms with Crippen LogP contribution in [0, 0.1) is 35.0 Å². The highest BCUT2D eigenvalue weighted by Crippen LogP contribution is 2.45. The van der Waals surface area contributed by atoms with Crippen LogP contribution in [0.1, 0.15) is 86.5 Å². The molecule has 1 amide bonds. The number of carbonyl (C=O) groups excluding carboxylic acids is 1. The third-order valence-electron chi connectivity index (χ3n) is 6.93. The van der Waals surface area contributed by atoms with E-state index in [1.54, 1.807) is 0 Å². The Morgan fingerprint density at radius 2 is 1.74 bits per heavy atom. The molecule has 2 saturated carbocycles. The van der Waals surface area contributed by atoms with Crippen molar-refractivity contribution in [2.24, 2.45) is 35.0 Å². The maximum Gasteiger partial charge on any atom is 0.226 e. The normalized spacial score (nSPS) is 38.8. The van der Waals surface area contributed by atoms with Crippen molar-refractivity contribution in [1.29, 1.82) is 0 Å². The first-order valence-electron chi connectivity index (χ1n) is 10.1. The number of hydrogen-bond acceptors (Lipinski definition) is 1. The summed E-state index contributed by atoms with van der Waals surface area (Å²) in [6.07, 6.45) is 8.41. The Labute approximate surface area is 144 Å². The quantitative estimate of drug-likeness (QED) is 0.736. The van der Waals surface area contributed by atoms with Gasteiger partial charge in [-0.25, -0.2) is 0 Å². The lowest BCUT2D eigenvalue weighted by Gasteiger charge is -2.45. The summed E-state index contributed by atoms with van der Waals surface area (Å²) in [6, 6.07) is 0.388. The molecule has 2 rings (SSSR count). The van der Waals surface area contributed by atoms with Crippen LogP contribution < -0.4 is 5.32 Å². The molecule has 5 unspecified atom stereocenters. The highest BCUT2D eigenvalue weighted by molar-refractivity contribution is 5.83. The fourth-order valence-electron chi connectivity index (χ4n) is 5.27. The van der Waals surface area contributed by atoms with E-state index < -0.39 is 0 Å². The van der Waals surface area contributed by atoms with E-state index >= 15 is 0 Å². The molecule has 0 spiro atoms. The van der Waals surface area contributed by atoms with E-state index in [-0.39, 0.29) is 5.41 Å². The van der Waals surface area contributed by atoms with Crippen LogP contribution in [0.5, 0.6) is 0 Å². The summed E-state index contributed by atoms with van der Waals surface area (Å²) in [5, 5.41) is 3.55. The Bertz CT molecular complexity index is 403. The average molecular weight is 322 g/mol. The maximum atomic E-state index is 13.3. The molecule has 2 fully saturated rings. The minimum atomic E-state index is -0.125. The van der Waals surface area contributed by atoms with E-state index in [1.165, 1.54) is 25.7 Å². The molecule has 0 aromatic carbocycles. The van der Waals surface area contributed by atoms with Crippen LogP contribution in [0.25, 0.3) is 0 Å². The van der Waals surface area contributed by atoms with Gasteiger partial charge in [0.1, 0.15) is 0 Å². The van der Waals surface area contributed by atoms with Crippen molar-refractivity contribution in [3.05, 3.63) is 0 Å². The van der Waals surface area contributed by atoms with Crippen molar-refractivity contribution in [1.82, 2.24) is 5.32 Å². The van der Waals surface area contributed by atoms with Crippen molar-refractivity contribution in [3.63, 3.8) is 0 Å². The summed E-state index contributed by atoms with van der Waals surface area (Å²) < 4.78 is 0. The number of rotatable bonds is 4. The zero-order chi connectivity index (χ0) is 17.2. The van der Waals surface area contributed by atoms with Crippen LogP contribution in [0.3, 0.4) is 0 Å². The Morgan fingerprint density at radius 1 is 1.04 bits per heavy atom. The van der Waals surface area contributed by atoms with Gasteiger partial charge in [0.25, 0.3) is 0 Å². The van der Waals surface area contributed by atoms with Gasteiger partial charge in [0.2, 0.25) is 5.91 Å². The van der Waals surface area contributed by atoms with Gasteiger partial charge in [-0.05, 0) is 55.3 Å². The fraction of sp³-hybridized carbons (Fsp3) is 0.952. The Balaban J connectivity index is 2.13. The van der Waals surface area contributed by atoms with Crippen LogP contribution in [-0.4, -0.2) is 11.9 Å². The molecule has 2 nitrogen and oxygen atoms in total. The molecule has 0 aromatic rings. The summed E-state index contributed by atoms with van der Waals surface area (Å²) in [5.74, 6) is 3.54. The predicted octanol–water partition coefficient (Wildman–Crippen LogP) is 5.42. The fourth-order valence-corrected chi connectivity index (χ4v) is 5.27. The van der Waals surface area contributed by atoms with Crippen LogP contribution >= 0.6 is 0 Å². The number of nitrogens with one attached hydrogen (secondary N) is 1. The molecule has 2 aliphatic carbocycles. The minimum absolute atomic E-state index is 0.125. The molecule has 0 bridgehead atoms. The minimum Gasteiger partial charge on any atom is -0.353 e. The smallest absolute Gasteiger partial charge is 0.226 e. The molecule has 2 aliphatic rings. The summed E-state index contributed by atoms with van der Waals surface area (Å²) >= 11 is 0. The highest BCUT2D eigenvalue weighted by Gasteiger charge is 2.45. The van der Waals surface area contributed by atoms with Crippen LogP contribution in [0.4, 0.5) is 0 Å². The summed E-state index contributed by atoms with van der Waals surface area (Å²) in [4.78, 5) is 13.3. The number of carbonyl (C=O) groups is 1. The zero-order valence-corrected chi connectivity index (χ0v) is 16.3. The second-order valence-electron chi connectivity index (χ2n) is 9.42. The molecular weight excluding hydrogens is 282 g/mol. The van der Waals surface area contributed by atoms with Gasteiger partial charge in [-0.1, -0.05) is 60.8 Å². The number of hydrogen-bond donors (Lipinski definition) is 1. The lowest BCUT2D eigenvalue weighted by molar-refractivity contribution is -0.139. The van der Waals surface area contributed by atoms with E-state index in [2.05, 4.69) is 46.9 Å². The van der Waals surface area contributed by atoms with E-state index in [9.17, 15) is 4.79 Å². The van der Waals surface area contributed by atoms with Crippen LogP contribution in [-0.2, 0) is 4.79 Å². The molecule has 0 aromatic heterocycles. The Morgan fingerprint density at radius 3 is 2.30 bits per heavy atom. The Hall–Kier alpha value is -0.530. The molecule has 0 heterocycles. The molecule has 134 valence electrons. The first-order valence-corrected chi connectivity index (χ1v) is 10.1. The first kappa shape index (κ1) is 18.8. The first-order chi connectivity index (χ1) is 10.8. The molecule has 0 radical (unpaired) electrons. The second kappa shape index (κ2) is 7.57. The zero-order valence-electron chi connectivity index (χ0n) is 16.3. The van der Waals surface area contributed by atoms with Gasteiger partial charge < -0.3 is 5.32 Å². The van der Waals surface area contributed by atoms with Gasteiger partial charge in [0.05, 0.1) is 5.41 Å². The third kappa shape index (κ3) is 4.12. The van der Waals surface area contributed by atoms with E-state index in [0.717, 1.165) is 25.2 Å². The molecule has 1 N–H and O–H groups in total. The number of amides is 1. The van der Waals surface area contributed by atoms with Crippen molar-refractivity contribution in [3.8, 4) is 0 Å². The van der Waals surface area contributed by atoms with Crippen molar-refractivity contribution in [2.45, 2.75) is 92.5 Å². The summed E-state index contributed by atoms with van der Waals surface area (Å²) in [6.45, 7) is 13.8. The van der Waals surface area contributed by atoms with E-state index in [0.29, 0.717) is 35.6 Å². The van der Waals surface area contributed by atoms with Crippen molar-refractivity contribution in [2.75, 3.05) is 0 Å². The predicted molar refractivity (Wildman–Crippen MR) is 98.2 cm³/mol. The lowest BCUT2D eigenvalue weighted by Crippen LogP contribution is -2.53. The van der Waals surface area contributed by atoms with Gasteiger partial charge in [0.15, 0.2) is 0 Å². The topological polar surface area (TPSA) is 29.1 Å². The van der Waals surface area contributed by atoms with Crippen molar-refractivity contribution < 1.29 is 4.79 Å². The van der Waals surface area contributed by atoms with E-state index in [1.807, 2.05) is 0 Å². The monoisotopic (exact) mass is 321 g/mol. The van der Waals surface area contributed by atoms with E-state index in [4.69, 9.17) is 0 Å².